The van der Waals surface area contributed by atoms with Gasteiger partial charge in [-0.15, -0.1) is 0 Å². The van der Waals surface area contributed by atoms with Crippen LogP contribution in [0.2, 0.25) is 0 Å². The van der Waals surface area contributed by atoms with Gasteiger partial charge >= 0.3 is 12.0 Å². The molecule has 1 fully saturated rings. The molecule has 0 bridgehead atoms. The standard InChI is InChI=1S/C3H2F4O.3CH4.F2/c4-2(5)1-8-3(2,6)7;;;;1-2/h1H2;3*1H4;. The molecule has 0 saturated carbocycles. The highest BCUT2D eigenvalue weighted by molar-refractivity contribution is 4.85. The Labute approximate surface area is 73.5 Å². The van der Waals surface area contributed by atoms with Gasteiger partial charge in [0, 0.05) is 9.15 Å². The van der Waals surface area contributed by atoms with Gasteiger partial charge in [-0.2, -0.15) is 17.6 Å². The highest BCUT2D eigenvalue weighted by Crippen LogP contribution is 2.43. The van der Waals surface area contributed by atoms with Crippen molar-refractivity contribution in [1.29, 1.82) is 0 Å². The zero-order valence-electron chi connectivity index (χ0n) is 4.38. The Hall–Kier alpha value is -0.460. The average molecular weight is 216 g/mol. The predicted molar refractivity (Wildman–Crippen MR) is 38.3 cm³/mol. The van der Waals surface area contributed by atoms with Gasteiger partial charge in [-0.05, 0) is 0 Å². The molecule has 1 aliphatic heterocycles. The van der Waals surface area contributed by atoms with E-state index in [-0.39, 0.29) is 22.3 Å². The van der Waals surface area contributed by atoms with Crippen LogP contribution in [0.15, 0.2) is 0 Å². The highest BCUT2D eigenvalue weighted by Gasteiger charge is 2.67. The van der Waals surface area contributed by atoms with Crippen molar-refractivity contribution < 1.29 is 31.4 Å². The van der Waals surface area contributed by atoms with Crippen LogP contribution >= 0.6 is 0 Å². The monoisotopic (exact) mass is 216 g/mol. The maximum Gasteiger partial charge on any atom is 0.422 e. The molecule has 0 radical (unpaired) electrons. The maximum absolute atomic E-state index is 11.4. The molecule has 1 heterocycles. The third kappa shape index (κ3) is 4.35. The lowest BCUT2D eigenvalue weighted by atomic mass is 10.2. The Morgan fingerprint density at radius 1 is 0.846 bits per heavy atom. The number of halogens is 6. The van der Waals surface area contributed by atoms with Crippen molar-refractivity contribution in [2.45, 2.75) is 34.3 Å². The van der Waals surface area contributed by atoms with E-state index in [0.29, 0.717) is 0 Å². The molecule has 0 spiro atoms. The molecule has 0 amide bonds. The van der Waals surface area contributed by atoms with E-state index in [1.165, 1.54) is 0 Å². The topological polar surface area (TPSA) is 9.23 Å². The fourth-order valence-electron chi connectivity index (χ4n) is 0.290. The largest absolute Gasteiger partial charge is 0.422 e. The second-order valence-corrected chi connectivity index (χ2v) is 1.51. The third-order valence-electron chi connectivity index (χ3n) is 0.861. The molecule has 0 unspecified atom stereocenters. The van der Waals surface area contributed by atoms with Crippen LogP contribution in [-0.2, 0) is 4.74 Å². The summed E-state index contributed by atoms with van der Waals surface area (Å²) in [7, 11) is 0. The summed E-state index contributed by atoms with van der Waals surface area (Å²) in [5.74, 6) is -3.94. The number of hydrogen-bond acceptors (Lipinski definition) is 1. The van der Waals surface area contributed by atoms with Crippen LogP contribution in [0, 0.1) is 0 Å². The predicted octanol–water partition coefficient (Wildman–Crippen LogP) is 3.99. The number of rotatable bonds is 0. The van der Waals surface area contributed by atoms with Gasteiger partial charge in [0.25, 0.3) is 0 Å². The lowest BCUT2D eigenvalue weighted by molar-refractivity contribution is -0.441. The lowest BCUT2D eigenvalue weighted by Gasteiger charge is -2.34. The van der Waals surface area contributed by atoms with Crippen molar-refractivity contribution in [2.24, 2.45) is 0 Å². The molecular weight excluding hydrogens is 202 g/mol. The fourth-order valence-corrected chi connectivity index (χ4v) is 0.290. The second-order valence-electron chi connectivity index (χ2n) is 1.51. The van der Waals surface area contributed by atoms with Gasteiger partial charge in [-0.25, -0.2) is 0 Å². The van der Waals surface area contributed by atoms with Crippen molar-refractivity contribution >= 4 is 0 Å². The Morgan fingerprint density at radius 2 is 1.08 bits per heavy atom. The number of ether oxygens (including phenoxy) is 1. The first-order valence-electron chi connectivity index (χ1n) is 2.00. The molecule has 0 aromatic rings. The van der Waals surface area contributed by atoms with E-state index in [0.717, 1.165) is 0 Å². The first kappa shape index (κ1) is 22.9. The summed E-state index contributed by atoms with van der Waals surface area (Å²) in [5.41, 5.74) is 0. The Kier molecular flexibility index (Phi) is 12.3. The molecule has 13 heavy (non-hydrogen) atoms. The third-order valence-corrected chi connectivity index (χ3v) is 0.861. The summed E-state index contributed by atoms with van der Waals surface area (Å²) in [6, 6.07) is 0. The molecule has 0 N–H and O–H groups in total. The van der Waals surface area contributed by atoms with Crippen LogP contribution in [0.25, 0.3) is 0 Å². The van der Waals surface area contributed by atoms with E-state index < -0.39 is 18.6 Å². The van der Waals surface area contributed by atoms with Crippen LogP contribution < -0.4 is 0 Å². The molecule has 0 aliphatic carbocycles. The molecule has 0 aromatic carbocycles. The number of alkyl halides is 4. The fraction of sp³-hybridized carbons (Fsp3) is 1.00. The molecule has 1 aliphatic rings. The van der Waals surface area contributed by atoms with Crippen molar-refractivity contribution in [1.82, 2.24) is 0 Å². The van der Waals surface area contributed by atoms with Gasteiger partial charge in [0.05, 0.1) is 0 Å². The minimum absolute atomic E-state index is 0. The van der Waals surface area contributed by atoms with Crippen LogP contribution in [0.1, 0.15) is 22.3 Å². The van der Waals surface area contributed by atoms with Crippen molar-refractivity contribution in [3.63, 3.8) is 0 Å². The van der Waals surface area contributed by atoms with Crippen molar-refractivity contribution in [3.05, 3.63) is 0 Å². The zero-order valence-corrected chi connectivity index (χ0v) is 4.38. The summed E-state index contributed by atoms with van der Waals surface area (Å²) < 4.78 is 64.8. The second kappa shape index (κ2) is 6.99. The maximum atomic E-state index is 11.4. The Bertz CT molecular complexity index is 102. The molecule has 0 atom stereocenters. The lowest BCUT2D eigenvalue weighted by Crippen LogP contribution is -2.57. The molecule has 7 heteroatoms. The van der Waals surface area contributed by atoms with Crippen molar-refractivity contribution in [2.75, 3.05) is 6.61 Å². The van der Waals surface area contributed by atoms with E-state index >= 15 is 0 Å². The molecule has 1 saturated heterocycles. The molecule has 0 aromatic heterocycles. The van der Waals surface area contributed by atoms with Crippen LogP contribution in [0.5, 0.6) is 0 Å². The van der Waals surface area contributed by atoms with E-state index in [4.69, 9.17) is 9.15 Å². The number of hydrogen-bond donors (Lipinski definition) is 0. The summed E-state index contributed by atoms with van der Waals surface area (Å²) in [6.45, 7) is -1.17. The normalized spacial score (nSPS) is 19.8. The van der Waals surface area contributed by atoms with Gasteiger partial charge in [0.2, 0.25) is 0 Å². The summed E-state index contributed by atoms with van der Waals surface area (Å²) >= 11 is 0. The van der Waals surface area contributed by atoms with Gasteiger partial charge in [0.15, 0.2) is 0 Å². The van der Waals surface area contributed by atoms with Crippen molar-refractivity contribution in [3.8, 4) is 0 Å². The van der Waals surface area contributed by atoms with E-state index in [2.05, 4.69) is 4.74 Å². The highest BCUT2D eigenvalue weighted by atomic mass is 20.0. The van der Waals surface area contributed by atoms with E-state index in [1.54, 1.807) is 0 Å². The van der Waals surface area contributed by atoms with Gasteiger partial charge in [0.1, 0.15) is 6.61 Å². The molecular formula is C6H14F6O. The SMILES string of the molecule is C.C.C.FC1(F)COC1(F)F.FF. The van der Waals surface area contributed by atoms with E-state index in [1.807, 2.05) is 0 Å². The summed E-state index contributed by atoms with van der Waals surface area (Å²) in [4.78, 5) is 0. The molecule has 1 rings (SSSR count). The molecule has 86 valence electrons. The Morgan fingerprint density at radius 3 is 1.08 bits per heavy atom. The minimum atomic E-state index is -4.22. The Balaban J connectivity index is -0.0000000761. The summed E-state index contributed by atoms with van der Waals surface area (Å²) in [5, 5.41) is 0. The van der Waals surface area contributed by atoms with Crippen LogP contribution in [0.3, 0.4) is 0 Å². The van der Waals surface area contributed by atoms with Gasteiger partial charge < -0.3 is 4.74 Å². The van der Waals surface area contributed by atoms with Crippen LogP contribution in [-0.4, -0.2) is 18.6 Å². The quantitative estimate of drug-likeness (QED) is 0.556. The van der Waals surface area contributed by atoms with Gasteiger partial charge in [-0.3, -0.25) is 0 Å². The van der Waals surface area contributed by atoms with Crippen LogP contribution in [0.4, 0.5) is 26.7 Å². The zero-order chi connectivity index (χ0) is 8.41. The molecule has 1 nitrogen and oxygen atoms in total. The van der Waals surface area contributed by atoms with Gasteiger partial charge in [-0.1, -0.05) is 22.3 Å². The summed E-state index contributed by atoms with van der Waals surface area (Å²) in [6.07, 6.45) is -4.22. The van der Waals surface area contributed by atoms with E-state index in [9.17, 15) is 17.6 Å². The minimum Gasteiger partial charge on any atom is -0.309 e. The smallest absolute Gasteiger partial charge is 0.309 e. The first-order valence-corrected chi connectivity index (χ1v) is 2.00. The average Bonchev–Trinajstić information content (AvgIpc) is 1.90. The first-order chi connectivity index (χ1) is 4.46.